The van der Waals surface area contributed by atoms with Crippen molar-refractivity contribution in [2.45, 2.75) is 6.54 Å². The maximum atomic E-state index is 14.5. The van der Waals surface area contributed by atoms with Gasteiger partial charge in [-0.3, -0.25) is 9.97 Å². The highest BCUT2D eigenvalue weighted by Crippen LogP contribution is 2.39. The number of fused-ring (bicyclic) bond motifs is 1. The van der Waals surface area contributed by atoms with Gasteiger partial charge in [0.25, 0.3) is 0 Å². The van der Waals surface area contributed by atoms with E-state index in [-0.39, 0.29) is 24.5 Å². The molecule has 3 heterocycles. The fourth-order valence-corrected chi connectivity index (χ4v) is 4.41. The Kier molecular flexibility index (Phi) is 7.56. The summed E-state index contributed by atoms with van der Waals surface area (Å²) in [6.45, 7) is 0.746. The summed E-state index contributed by atoms with van der Waals surface area (Å²) in [7, 11) is 1.52. The number of pyridine rings is 2. The first-order chi connectivity index (χ1) is 17.3. The van der Waals surface area contributed by atoms with Gasteiger partial charge in [-0.2, -0.15) is 0 Å². The highest BCUT2D eigenvalue weighted by molar-refractivity contribution is 7.22. The van der Waals surface area contributed by atoms with E-state index in [1.165, 1.54) is 35.5 Å². The van der Waals surface area contributed by atoms with E-state index in [9.17, 15) is 19.1 Å². The SMILES string of the molecule is COCCN(Cc1ccc(-c2cc3nccc(Oc4ccc(NC(N)=O)cc4F)c3s2)nc1)C(=O)O. The van der Waals surface area contributed by atoms with E-state index in [1.807, 2.05) is 12.1 Å². The Bertz CT molecular complexity index is 1400. The molecule has 10 nitrogen and oxygen atoms in total. The second kappa shape index (κ2) is 11.0. The normalized spacial score (nSPS) is 10.8. The minimum Gasteiger partial charge on any atom is -0.465 e. The molecule has 186 valence electrons. The number of hydrogen-bond donors (Lipinski definition) is 3. The first kappa shape index (κ1) is 24.8. The third-order valence-corrected chi connectivity index (χ3v) is 6.24. The second-order valence-electron chi connectivity index (χ2n) is 7.62. The molecule has 4 rings (SSSR count). The number of aromatic nitrogens is 2. The first-order valence-electron chi connectivity index (χ1n) is 10.7. The van der Waals surface area contributed by atoms with Crippen LogP contribution in [0, 0.1) is 5.82 Å². The molecule has 0 aliphatic rings. The lowest BCUT2D eigenvalue weighted by molar-refractivity contribution is 0.115. The molecule has 0 fully saturated rings. The Labute approximate surface area is 209 Å². The number of anilines is 1. The van der Waals surface area contributed by atoms with Crippen LogP contribution in [0.4, 0.5) is 19.7 Å². The number of halogens is 1. The van der Waals surface area contributed by atoms with Crippen molar-refractivity contribution in [1.29, 1.82) is 0 Å². The summed E-state index contributed by atoms with van der Waals surface area (Å²) < 4.78 is 26.0. The predicted molar refractivity (Wildman–Crippen MR) is 133 cm³/mol. The molecule has 0 aliphatic heterocycles. The van der Waals surface area contributed by atoms with Gasteiger partial charge in [-0.25, -0.2) is 14.0 Å². The van der Waals surface area contributed by atoms with E-state index >= 15 is 0 Å². The van der Waals surface area contributed by atoms with Gasteiger partial charge < -0.3 is 30.5 Å². The molecule has 0 unspecified atom stereocenters. The van der Waals surface area contributed by atoms with Crippen LogP contribution in [0.1, 0.15) is 5.56 Å². The maximum Gasteiger partial charge on any atom is 0.407 e. The van der Waals surface area contributed by atoms with Gasteiger partial charge in [0, 0.05) is 43.9 Å². The summed E-state index contributed by atoms with van der Waals surface area (Å²) in [6.07, 6.45) is 2.16. The number of methoxy groups -OCH3 is 1. The molecule has 0 radical (unpaired) electrons. The number of ether oxygens (including phenoxy) is 2. The number of carbonyl (C=O) groups excluding carboxylic acids is 1. The molecule has 36 heavy (non-hydrogen) atoms. The number of urea groups is 1. The molecule has 3 amide bonds. The van der Waals surface area contributed by atoms with Gasteiger partial charge in [-0.15, -0.1) is 11.3 Å². The maximum absolute atomic E-state index is 14.5. The third-order valence-electron chi connectivity index (χ3n) is 5.08. The predicted octanol–water partition coefficient (Wildman–Crippen LogP) is 4.91. The summed E-state index contributed by atoms with van der Waals surface area (Å²) in [5.74, 6) is -0.273. The fourth-order valence-electron chi connectivity index (χ4n) is 3.37. The summed E-state index contributed by atoms with van der Waals surface area (Å²) in [4.78, 5) is 33.3. The van der Waals surface area contributed by atoms with Gasteiger partial charge in [-0.1, -0.05) is 6.07 Å². The number of nitrogens with zero attached hydrogens (tertiary/aromatic N) is 3. The quantitative estimate of drug-likeness (QED) is 0.290. The molecule has 4 N–H and O–H groups in total. The smallest absolute Gasteiger partial charge is 0.407 e. The van der Waals surface area contributed by atoms with Crippen molar-refractivity contribution in [3.05, 3.63) is 66.2 Å². The molecular formula is C24H22FN5O5S. The Morgan fingerprint density at radius 1 is 1.17 bits per heavy atom. The third kappa shape index (κ3) is 5.85. The molecule has 0 aliphatic carbocycles. The van der Waals surface area contributed by atoms with Gasteiger partial charge in [-0.05, 0) is 29.8 Å². The molecular weight excluding hydrogens is 489 g/mol. The number of primary amides is 1. The highest BCUT2D eigenvalue weighted by atomic mass is 32.1. The summed E-state index contributed by atoms with van der Waals surface area (Å²) in [5, 5.41) is 11.7. The van der Waals surface area contributed by atoms with Crippen LogP contribution < -0.4 is 15.8 Å². The number of carbonyl (C=O) groups is 2. The van der Waals surface area contributed by atoms with Crippen LogP contribution in [0.15, 0.2) is 54.9 Å². The van der Waals surface area contributed by atoms with Gasteiger partial charge in [0.2, 0.25) is 0 Å². The van der Waals surface area contributed by atoms with Gasteiger partial charge in [0.05, 0.1) is 33.9 Å². The average molecular weight is 512 g/mol. The zero-order valence-electron chi connectivity index (χ0n) is 19.1. The molecule has 0 atom stereocenters. The first-order valence-corrected chi connectivity index (χ1v) is 11.5. The number of rotatable bonds is 9. The van der Waals surface area contributed by atoms with Crippen LogP contribution in [-0.2, 0) is 11.3 Å². The molecule has 4 aromatic rings. The lowest BCUT2D eigenvalue weighted by atomic mass is 10.2. The highest BCUT2D eigenvalue weighted by Gasteiger charge is 2.15. The van der Waals surface area contributed by atoms with Crippen LogP contribution >= 0.6 is 11.3 Å². The van der Waals surface area contributed by atoms with Crippen molar-refractivity contribution in [1.82, 2.24) is 14.9 Å². The standard InChI is InChI=1S/C24H22FN5O5S/c1-34-9-8-30(24(32)33)13-14-2-4-17(28-12-14)21-11-18-22(36-21)20(6-7-27-18)35-19-5-3-15(10-16(19)25)29-23(26)31/h2-7,10-12H,8-9,13H2,1H3,(H,32,33)(H3,26,29,31). The summed E-state index contributed by atoms with van der Waals surface area (Å²) >= 11 is 1.38. The van der Waals surface area contributed by atoms with Crippen LogP contribution in [0.3, 0.4) is 0 Å². The van der Waals surface area contributed by atoms with Crippen molar-refractivity contribution in [2.24, 2.45) is 5.73 Å². The van der Waals surface area contributed by atoms with Crippen LogP contribution in [0.25, 0.3) is 20.8 Å². The van der Waals surface area contributed by atoms with Gasteiger partial charge >= 0.3 is 12.1 Å². The Morgan fingerprint density at radius 3 is 2.67 bits per heavy atom. The minimum absolute atomic E-state index is 0.0218. The number of carboxylic acid groups (broad SMARTS) is 1. The molecule has 1 aromatic carbocycles. The van der Waals surface area contributed by atoms with E-state index in [4.69, 9.17) is 15.2 Å². The van der Waals surface area contributed by atoms with E-state index in [2.05, 4.69) is 15.3 Å². The zero-order valence-corrected chi connectivity index (χ0v) is 19.9. The second-order valence-corrected chi connectivity index (χ2v) is 8.67. The molecule has 3 aromatic heterocycles. The molecule has 12 heteroatoms. The van der Waals surface area contributed by atoms with Gasteiger partial charge in [0.15, 0.2) is 11.6 Å². The monoisotopic (exact) mass is 511 g/mol. The number of nitrogens with one attached hydrogen (secondary N) is 1. The van der Waals surface area contributed by atoms with Crippen molar-refractivity contribution >= 4 is 39.4 Å². The number of benzene rings is 1. The van der Waals surface area contributed by atoms with Gasteiger partial charge in [0.1, 0.15) is 5.75 Å². The van der Waals surface area contributed by atoms with Crippen LogP contribution in [-0.4, -0.2) is 52.4 Å². The minimum atomic E-state index is -1.03. The van der Waals surface area contributed by atoms with Crippen LogP contribution in [0.2, 0.25) is 0 Å². The van der Waals surface area contributed by atoms with Crippen molar-refractivity contribution in [3.63, 3.8) is 0 Å². The lowest BCUT2D eigenvalue weighted by Crippen LogP contribution is -2.32. The number of amides is 3. The van der Waals surface area contributed by atoms with E-state index in [1.54, 1.807) is 24.5 Å². The number of hydrogen-bond acceptors (Lipinski definition) is 7. The fraction of sp³-hybridized carbons (Fsp3) is 0.167. The molecule has 0 bridgehead atoms. The largest absolute Gasteiger partial charge is 0.465 e. The Hall–Kier alpha value is -4.29. The summed E-state index contributed by atoms with van der Waals surface area (Å²) in [5.41, 5.74) is 7.35. The van der Waals surface area contributed by atoms with E-state index < -0.39 is 17.9 Å². The lowest BCUT2D eigenvalue weighted by Gasteiger charge is -2.18. The number of nitrogens with two attached hydrogens (primary N) is 1. The van der Waals surface area contributed by atoms with Crippen molar-refractivity contribution in [3.8, 4) is 22.1 Å². The van der Waals surface area contributed by atoms with E-state index in [0.29, 0.717) is 28.3 Å². The van der Waals surface area contributed by atoms with Crippen LogP contribution in [0.5, 0.6) is 11.5 Å². The molecule has 0 spiro atoms. The Morgan fingerprint density at radius 2 is 2.00 bits per heavy atom. The zero-order chi connectivity index (χ0) is 25.7. The molecule has 0 saturated heterocycles. The molecule has 0 saturated carbocycles. The number of thiophene rings is 1. The van der Waals surface area contributed by atoms with Crippen molar-refractivity contribution in [2.75, 3.05) is 25.6 Å². The Balaban J connectivity index is 1.54. The topological polar surface area (TPSA) is 140 Å². The summed E-state index contributed by atoms with van der Waals surface area (Å²) in [6, 6.07) is 10.3. The van der Waals surface area contributed by atoms with Crippen molar-refractivity contribution < 1.29 is 28.6 Å². The van der Waals surface area contributed by atoms with E-state index in [0.717, 1.165) is 16.5 Å². The average Bonchev–Trinajstić information content (AvgIpc) is 3.28.